The van der Waals surface area contributed by atoms with Gasteiger partial charge in [-0.3, -0.25) is 0 Å². The monoisotopic (exact) mass is 274 g/mol. The zero-order valence-electron chi connectivity index (χ0n) is 12.2. The number of ether oxygens (including phenoxy) is 1. The Morgan fingerprint density at radius 1 is 0.857 bits per heavy atom. The minimum atomic E-state index is 0.842. The molecule has 0 aliphatic carbocycles. The van der Waals surface area contributed by atoms with E-state index in [0.29, 0.717) is 0 Å². The lowest BCUT2D eigenvalue weighted by molar-refractivity contribution is 0.420. The Morgan fingerprint density at radius 3 is 2.24 bits per heavy atom. The summed E-state index contributed by atoms with van der Waals surface area (Å²) in [5.41, 5.74) is 3.60. The molecule has 3 aromatic carbocycles. The average Bonchev–Trinajstić information content (AvgIpc) is 2.56. The molecule has 0 saturated carbocycles. The van der Waals surface area contributed by atoms with E-state index in [1.807, 2.05) is 30.3 Å². The molecule has 0 atom stereocenters. The van der Waals surface area contributed by atoms with Crippen LogP contribution in [0.4, 0.5) is 0 Å². The summed E-state index contributed by atoms with van der Waals surface area (Å²) in [5.74, 6) is 0.916. The lowest BCUT2D eigenvalue weighted by Crippen LogP contribution is -1.93. The van der Waals surface area contributed by atoms with E-state index in [9.17, 15) is 0 Å². The third-order valence-electron chi connectivity index (χ3n) is 3.78. The molecule has 0 aliphatic heterocycles. The maximum Gasteiger partial charge on any atom is 0.126 e. The van der Waals surface area contributed by atoms with Gasteiger partial charge in [-0.05, 0) is 34.6 Å². The van der Waals surface area contributed by atoms with Crippen LogP contribution in [0.3, 0.4) is 0 Å². The van der Waals surface area contributed by atoms with Crippen LogP contribution >= 0.6 is 0 Å². The van der Waals surface area contributed by atoms with Gasteiger partial charge in [0.15, 0.2) is 0 Å². The van der Waals surface area contributed by atoms with Crippen LogP contribution in [0.15, 0.2) is 73.3 Å². The maximum atomic E-state index is 5.45. The number of allylic oxidation sites excluding steroid dienone is 1. The van der Waals surface area contributed by atoms with Crippen LogP contribution in [0.2, 0.25) is 0 Å². The quantitative estimate of drug-likeness (QED) is 0.643. The molecule has 1 nitrogen and oxygen atoms in total. The summed E-state index contributed by atoms with van der Waals surface area (Å²) in [6, 6.07) is 22.9. The molecule has 3 aromatic rings. The van der Waals surface area contributed by atoms with E-state index in [-0.39, 0.29) is 0 Å². The van der Waals surface area contributed by atoms with E-state index in [0.717, 1.165) is 23.1 Å². The molecular weight excluding hydrogens is 256 g/mol. The van der Waals surface area contributed by atoms with E-state index < -0.39 is 0 Å². The first-order chi connectivity index (χ1) is 10.3. The Kier molecular flexibility index (Phi) is 3.74. The molecule has 0 radical (unpaired) electrons. The van der Waals surface area contributed by atoms with E-state index in [4.69, 9.17) is 4.74 Å². The van der Waals surface area contributed by atoms with Gasteiger partial charge >= 0.3 is 0 Å². The fourth-order valence-electron chi connectivity index (χ4n) is 2.67. The second-order valence-corrected chi connectivity index (χ2v) is 5.12. The number of rotatable bonds is 4. The van der Waals surface area contributed by atoms with Gasteiger partial charge in [0, 0.05) is 5.39 Å². The summed E-state index contributed by atoms with van der Waals surface area (Å²) < 4.78 is 5.45. The lowest BCUT2D eigenvalue weighted by atomic mass is 9.95. The Hall–Kier alpha value is -2.54. The van der Waals surface area contributed by atoms with Gasteiger partial charge in [0.2, 0.25) is 0 Å². The third-order valence-corrected chi connectivity index (χ3v) is 3.78. The smallest absolute Gasteiger partial charge is 0.126 e. The van der Waals surface area contributed by atoms with Crippen LogP contribution in [-0.4, -0.2) is 7.11 Å². The van der Waals surface area contributed by atoms with Crippen LogP contribution < -0.4 is 4.74 Å². The van der Waals surface area contributed by atoms with Gasteiger partial charge in [0.05, 0.1) is 7.11 Å². The number of fused-ring (bicyclic) bond motifs is 1. The molecule has 0 bridgehead atoms. The van der Waals surface area contributed by atoms with Crippen molar-refractivity contribution in [1.82, 2.24) is 0 Å². The Balaban J connectivity index is 2.00. The SMILES string of the molecule is C=C(Cc1ccc(OC)c2ccccc12)c1ccccc1. The van der Waals surface area contributed by atoms with Crippen LogP contribution in [0.25, 0.3) is 16.3 Å². The largest absolute Gasteiger partial charge is 0.496 e. The summed E-state index contributed by atoms with van der Waals surface area (Å²) in [5, 5.41) is 2.38. The molecule has 0 heterocycles. The van der Waals surface area contributed by atoms with E-state index in [2.05, 4.69) is 43.0 Å². The van der Waals surface area contributed by atoms with Crippen molar-refractivity contribution in [2.24, 2.45) is 0 Å². The van der Waals surface area contributed by atoms with Gasteiger partial charge in [-0.1, -0.05) is 67.2 Å². The molecule has 104 valence electrons. The molecule has 0 saturated heterocycles. The second kappa shape index (κ2) is 5.84. The van der Waals surface area contributed by atoms with Crippen molar-refractivity contribution in [3.8, 4) is 5.75 Å². The molecule has 21 heavy (non-hydrogen) atoms. The molecule has 1 heteroatoms. The highest BCUT2D eigenvalue weighted by atomic mass is 16.5. The van der Waals surface area contributed by atoms with E-state index in [1.165, 1.54) is 16.5 Å². The summed E-state index contributed by atoms with van der Waals surface area (Å²) in [6.07, 6.45) is 0.842. The predicted molar refractivity (Wildman–Crippen MR) is 89.7 cm³/mol. The van der Waals surface area contributed by atoms with Gasteiger partial charge in [-0.2, -0.15) is 0 Å². The third kappa shape index (κ3) is 2.68. The minimum absolute atomic E-state index is 0.842. The minimum Gasteiger partial charge on any atom is -0.496 e. The molecule has 3 rings (SSSR count). The standard InChI is InChI=1S/C20H18O/c1-15(16-8-4-3-5-9-16)14-17-12-13-20(21-2)19-11-7-6-10-18(17)19/h3-13H,1,14H2,2H3. The molecular formula is C20H18O. The average molecular weight is 274 g/mol. The molecule has 0 aliphatic rings. The summed E-state index contributed by atoms with van der Waals surface area (Å²) in [6.45, 7) is 4.24. The van der Waals surface area contributed by atoms with Gasteiger partial charge < -0.3 is 4.74 Å². The van der Waals surface area contributed by atoms with Crippen LogP contribution in [0.1, 0.15) is 11.1 Å². The lowest BCUT2D eigenvalue weighted by Gasteiger charge is -2.12. The van der Waals surface area contributed by atoms with Crippen molar-refractivity contribution in [3.05, 3.63) is 84.4 Å². The first-order valence-corrected chi connectivity index (χ1v) is 7.07. The van der Waals surface area contributed by atoms with Gasteiger partial charge in [0.1, 0.15) is 5.75 Å². The highest BCUT2D eigenvalue weighted by Gasteiger charge is 2.08. The zero-order valence-corrected chi connectivity index (χ0v) is 12.2. The summed E-state index contributed by atoms with van der Waals surface area (Å²) >= 11 is 0. The van der Waals surface area contributed by atoms with Crippen LogP contribution in [0, 0.1) is 0 Å². The Morgan fingerprint density at radius 2 is 1.52 bits per heavy atom. The number of benzene rings is 3. The number of hydrogen-bond donors (Lipinski definition) is 0. The summed E-state index contributed by atoms with van der Waals surface area (Å²) in [4.78, 5) is 0. The van der Waals surface area contributed by atoms with Crippen molar-refractivity contribution >= 4 is 16.3 Å². The molecule has 0 fully saturated rings. The zero-order chi connectivity index (χ0) is 14.7. The van der Waals surface area contributed by atoms with Crippen molar-refractivity contribution in [2.75, 3.05) is 7.11 Å². The van der Waals surface area contributed by atoms with Crippen LogP contribution in [-0.2, 0) is 6.42 Å². The number of hydrogen-bond acceptors (Lipinski definition) is 1. The summed E-state index contributed by atoms with van der Waals surface area (Å²) in [7, 11) is 1.71. The van der Waals surface area contributed by atoms with Crippen molar-refractivity contribution in [3.63, 3.8) is 0 Å². The molecule has 0 amide bonds. The van der Waals surface area contributed by atoms with Gasteiger partial charge in [-0.15, -0.1) is 0 Å². The van der Waals surface area contributed by atoms with Crippen molar-refractivity contribution < 1.29 is 4.74 Å². The first kappa shape index (κ1) is 13.4. The van der Waals surface area contributed by atoms with E-state index >= 15 is 0 Å². The topological polar surface area (TPSA) is 9.23 Å². The maximum absolute atomic E-state index is 5.45. The number of methoxy groups -OCH3 is 1. The second-order valence-electron chi connectivity index (χ2n) is 5.12. The molecule has 0 unspecified atom stereocenters. The van der Waals surface area contributed by atoms with Crippen molar-refractivity contribution in [2.45, 2.75) is 6.42 Å². The highest BCUT2D eigenvalue weighted by Crippen LogP contribution is 2.30. The van der Waals surface area contributed by atoms with E-state index in [1.54, 1.807) is 7.11 Å². The molecule has 0 spiro atoms. The fraction of sp³-hybridized carbons (Fsp3) is 0.100. The Bertz CT molecular complexity index is 772. The Labute approximate surface area is 125 Å². The van der Waals surface area contributed by atoms with Gasteiger partial charge in [-0.25, -0.2) is 0 Å². The predicted octanol–water partition coefficient (Wildman–Crippen LogP) is 5.10. The highest BCUT2D eigenvalue weighted by molar-refractivity contribution is 5.92. The van der Waals surface area contributed by atoms with Gasteiger partial charge in [0.25, 0.3) is 0 Å². The van der Waals surface area contributed by atoms with Crippen molar-refractivity contribution in [1.29, 1.82) is 0 Å². The normalized spacial score (nSPS) is 10.5. The molecule has 0 aromatic heterocycles. The fourth-order valence-corrected chi connectivity index (χ4v) is 2.67. The van der Waals surface area contributed by atoms with Crippen LogP contribution in [0.5, 0.6) is 5.75 Å². The molecule has 0 N–H and O–H groups in total. The first-order valence-electron chi connectivity index (χ1n) is 7.07.